The zero-order valence-corrected chi connectivity index (χ0v) is 16.5. The Labute approximate surface area is 161 Å². The minimum absolute atomic E-state index is 0.0593. The van der Waals surface area contributed by atoms with Crippen molar-refractivity contribution < 1.29 is 14.0 Å². The molecule has 2 heterocycles. The molecular weight excluding hydrogens is 398 g/mol. The Morgan fingerprint density at radius 2 is 1.85 bits per heavy atom. The summed E-state index contributed by atoms with van der Waals surface area (Å²) >= 11 is 3.47. The molecule has 6 nitrogen and oxygen atoms in total. The van der Waals surface area contributed by atoms with E-state index in [-0.39, 0.29) is 11.8 Å². The van der Waals surface area contributed by atoms with E-state index in [1.807, 2.05) is 32.0 Å². The van der Waals surface area contributed by atoms with E-state index in [1.54, 1.807) is 17.0 Å². The molecule has 0 radical (unpaired) electrons. The first-order valence-corrected chi connectivity index (χ1v) is 9.36. The molecule has 2 amide bonds. The molecule has 1 aromatic heterocycles. The highest BCUT2D eigenvalue weighted by atomic mass is 79.9. The molecule has 1 aliphatic rings. The van der Waals surface area contributed by atoms with Gasteiger partial charge >= 0.3 is 0 Å². The molecule has 1 aliphatic heterocycles. The van der Waals surface area contributed by atoms with Crippen LogP contribution < -0.4 is 5.32 Å². The molecule has 26 heavy (non-hydrogen) atoms. The number of anilines is 1. The van der Waals surface area contributed by atoms with Crippen LogP contribution in [-0.4, -0.2) is 54.3 Å². The zero-order chi connectivity index (χ0) is 18.7. The molecule has 0 aliphatic carbocycles. The molecule has 1 fully saturated rings. The standard InChI is InChI=1S/C19H22BrN3O3/c1-13-3-5-16(15(20)11-13)21-18(24)12-22-7-9-23(10-8-22)19(25)17-6-4-14(2)26-17/h3-6,11H,7-10,12H2,1-2H3,(H,21,24). The number of rotatable bonds is 4. The SMILES string of the molecule is Cc1ccc(NC(=O)CN2CCN(C(=O)c3ccc(C)o3)CC2)c(Br)c1. The van der Waals surface area contributed by atoms with Gasteiger partial charge in [0.25, 0.3) is 5.91 Å². The van der Waals surface area contributed by atoms with Gasteiger partial charge in [-0.25, -0.2) is 0 Å². The van der Waals surface area contributed by atoms with Crippen LogP contribution in [-0.2, 0) is 4.79 Å². The van der Waals surface area contributed by atoms with E-state index in [1.165, 1.54) is 0 Å². The first-order valence-electron chi connectivity index (χ1n) is 8.56. The predicted molar refractivity (Wildman–Crippen MR) is 103 cm³/mol. The number of halogens is 1. The van der Waals surface area contributed by atoms with Crippen LogP contribution in [0.1, 0.15) is 21.9 Å². The van der Waals surface area contributed by atoms with Gasteiger partial charge in [0.1, 0.15) is 5.76 Å². The topological polar surface area (TPSA) is 65.8 Å². The highest BCUT2D eigenvalue weighted by Gasteiger charge is 2.25. The van der Waals surface area contributed by atoms with E-state index >= 15 is 0 Å². The third kappa shape index (κ3) is 4.53. The quantitative estimate of drug-likeness (QED) is 0.826. The summed E-state index contributed by atoms with van der Waals surface area (Å²) in [6, 6.07) is 9.31. The fourth-order valence-corrected chi connectivity index (χ4v) is 3.52. The second kappa shape index (κ2) is 8.05. The number of furan rings is 1. The lowest BCUT2D eigenvalue weighted by atomic mass is 10.2. The third-order valence-corrected chi connectivity index (χ3v) is 5.03. The summed E-state index contributed by atoms with van der Waals surface area (Å²) in [5, 5.41) is 2.92. The van der Waals surface area contributed by atoms with Crippen molar-refractivity contribution in [2.24, 2.45) is 0 Å². The minimum Gasteiger partial charge on any atom is -0.456 e. The van der Waals surface area contributed by atoms with Gasteiger partial charge in [-0.1, -0.05) is 6.07 Å². The summed E-state index contributed by atoms with van der Waals surface area (Å²) in [5.41, 5.74) is 1.89. The molecule has 2 aromatic rings. The van der Waals surface area contributed by atoms with E-state index in [9.17, 15) is 9.59 Å². The maximum Gasteiger partial charge on any atom is 0.289 e. The van der Waals surface area contributed by atoms with Crippen molar-refractivity contribution >= 4 is 33.4 Å². The van der Waals surface area contributed by atoms with Crippen molar-refractivity contribution in [3.8, 4) is 0 Å². The number of benzene rings is 1. The van der Waals surface area contributed by atoms with Crippen molar-refractivity contribution in [3.63, 3.8) is 0 Å². The largest absolute Gasteiger partial charge is 0.456 e. The summed E-state index contributed by atoms with van der Waals surface area (Å²) in [6.45, 7) is 6.62. The molecule has 0 spiro atoms. The lowest BCUT2D eigenvalue weighted by Crippen LogP contribution is -2.50. The highest BCUT2D eigenvalue weighted by molar-refractivity contribution is 9.10. The van der Waals surface area contributed by atoms with Gasteiger partial charge in [-0.15, -0.1) is 0 Å². The van der Waals surface area contributed by atoms with Gasteiger partial charge < -0.3 is 14.6 Å². The summed E-state index contributed by atoms with van der Waals surface area (Å²) < 4.78 is 6.27. The summed E-state index contributed by atoms with van der Waals surface area (Å²) in [7, 11) is 0. The van der Waals surface area contributed by atoms with Gasteiger partial charge in [0.05, 0.1) is 12.2 Å². The Morgan fingerprint density at radius 1 is 1.12 bits per heavy atom. The molecule has 7 heteroatoms. The molecule has 1 aromatic carbocycles. The number of hydrogen-bond acceptors (Lipinski definition) is 4. The van der Waals surface area contributed by atoms with Gasteiger partial charge in [0.2, 0.25) is 5.91 Å². The van der Waals surface area contributed by atoms with Crippen LogP contribution in [0.25, 0.3) is 0 Å². The number of carbonyl (C=O) groups excluding carboxylic acids is 2. The Kier molecular flexibility index (Phi) is 5.78. The predicted octanol–water partition coefficient (Wildman–Crippen LogP) is 3.06. The number of piperazine rings is 1. The first kappa shape index (κ1) is 18.7. The van der Waals surface area contributed by atoms with E-state index in [0.29, 0.717) is 38.5 Å². The van der Waals surface area contributed by atoms with Gasteiger partial charge in [-0.05, 0) is 59.6 Å². The number of nitrogens with zero attached hydrogens (tertiary/aromatic N) is 2. The first-order chi connectivity index (χ1) is 12.4. The number of aryl methyl sites for hydroxylation is 2. The number of amides is 2. The molecule has 0 saturated carbocycles. The van der Waals surface area contributed by atoms with Crippen molar-refractivity contribution in [1.29, 1.82) is 0 Å². The monoisotopic (exact) mass is 419 g/mol. The lowest BCUT2D eigenvalue weighted by Gasteiger charge is -2.33. The van der Waals surface area contributed by atoms with Crippen molar-refractivity contribution in [2.45, 2.75) is 13.8 Å². The molecule has 138 valence electrons. The van der Waals surface area contributed by atoms with Crippen molar-refractivity contribution in [1.82, 2.24) is 9.80 Å². The molecule has 1 N–H and O–H groups in total. The summed E-state index contributed by atoms with van der Waals surface area (Å²) in [4.78, 5) is 28.5. The maximum absolute atomic E-state index is 12.4. The van der Waals surface area contributed by atoms with Crippen LogP contribution in [0.5, 0.6) is 0 Å². The Morgan fingerprint density at radius 3 is 2.46 bits per heavy atom. The van der Waals surface area contributed by atoms with Crippen LogP contribution >= 0.6 is 15.9 Å². The Balaban J connectivity index is 1.49. The van der Waals surface area contributed by atoms with Crippen LogP contribution in [0.4, 0.5) is 5.69 Å². The van der Waals surface area contributed by atoms with E-state index < -0.39 is 0 Å². The Hall–Kier alpha value is -2.12. The number of nitrogens with one attached hydrogen (secondary N) is 1. The van der Waals surface area contributed by atoms with Crippen LogP contribution in [0.3, 0.4) is 0 Å². The second-order valence-corrected chi connectivity index (χ2v) is 7.36. The minimum atomic E-state index is -0.0919. The van der Waals surface area contributed by atoms with Crippen LogP contribution in [0.2, 0.25) is 0 Å². The van der Waals surface area contributed by atoms with Gasteiger partial charge in [0, 0.05) is 30.7 Å². The molecule has 0 unspecified atom stereocenters. The molecule has 0 bridgehead atoms. The van der Waals surface area contributed by atoms with Gasteiger partial charge in [0.15, 0.2) is 5.76 Å². The molecule has 1 saturated heterocycles. The molecule has 0 atom stereocenters. The van der Waals surface area contributed by atoms with Gasteiger partial charge in [-0.2, -0.15) is 0 Å². The average molecular weight is 420 g/mol. The van der Waals surface area contributed by atoms with Crippen molar-refractivity contribution in [2.75, 3.05) is 38.0 Å². The number of carbonyl (C=O) groups is 2. The normalized spacial score (nSPS) is 15.1. The molecule has 3 rings (SSSR count). The maximum atomic E-state index is 12.4. The van der Waals surface area contributed by atoms with Crippen LogP contribution in [0, 0.1) is 13.8 Å². The molecular formula is C19H22BrN3O3. The van der Waals surface area contributed by atoms with Crippen LogP contribution in [0.15, 0.2) is 39.2 Å². The van der Waals surface area contributed by atoms with Gasteiger partial charge in [-0.3, -0.25) is 14.5 Å². The fourth-order valence-electron chi connectivity index (χ4n) is 2.93. The second-order valence-electron chi connectivity index (χ2n) is 6.51. The number of hydrogen-bond donors (Lipinski definition) is 1. The van der Waals surface area contributed by atoms with E-state index in [2.05, 4.69) is 26.1 Å². The zero-order valence-electron chi connectivity index (χ0n) is 14.9. The summed E-state index contributed by atoms with van der Waals surface area (Å²) in [5.74, 6) is 0.950. The fraction of sp³-hybridized carbons (Fsp3) is 0.368. The third-order valence-electron chi connectivity index (χ3n) is 4.38. The highest BCUT2D eigenvalue weighted by Crippen LogP contribution is 2.23. The average Bonchev–Trinajstić information content (AvgIpc) is 3.04. The smallest absolute Gasteiger partial charge is 0.289 e. The van der Waals surface area contributed by atoms with E-state index in [4.69, 9.17) is 4.42 Å². The summed E-state index contributed by atoms with van der Waals surface area (Å²) in [6.07, 6.45) is 0. The van der Waals surface area contributed by atoms with E-state index in [0.717, 1.165) is 21.5 Å². The Bertz CT molecular complexity index is 810. The lowest BCUT2D eigenvalue weighted by molar-refractivity contribution is -0.117. The van der Waals surface area contributed by atoms with Crippen molar-refractivity contribution in [3.05, 3.63) is 51.9 Å².